The number of nitrogens with zero attached hydrogens (tertiary/aromatic N) is 1. The van der Waals surface area contributed by atoms with Crippen molar-refractivity contribution in [1.82, 2.24) is 15.6 Å². The second-order valence-corrected chi connectivity index (χ2v) is 6.66. The zero-order valence-corrected chi connectivity index (χ0v) is 13.1. The van der Waals surface area contributed by atoms with Crippen molar-refractivity contribution < 1.29 is 9.59 Å². The number of carbonyl (C=O) groups is 2. The van der Waals surface area contributed by atoms with Crippen LogP contribution in [-0.2, 0) is 16.1 Å². The molecular weight excluding hydrogens is 298 g/mol. The molecule has 1 aliphatic carbocycles. The SMILES string of the molecule is O=C(CCC(=O)NC1CCC1)NCc1nc2ccccc2s1. The van der Waals surface area contributed by atoms with E-state index in [1.54, 1.807) is 11.3 Å². The Morgan fingerprint density at radius 2 is 1.95 bits per heavy atom. The molecule has 1 aromatic carbocycles. The molecular formula is C16H19N3O2S. The summed E-state index contributed by atoms with van der Waals surface area (Å²) in [7, 11) is 0. The van der Waals surface area contributed by atoms with E-state index in [2.05, 4.69) is 15.6 Å². The van der Waals surface area contributed by atoms with Crippen molar-refractivity contribution in [3.63, 3.8) is 0 Å². The number of thiazole rings is 1. The number of hydrogen-bond acceptors (Lipinski definition) is 4. The number of para-hydroxylation sites is 1. The molecule has 0 bridgehead atoms. The average molecular weight is 317 g/mol. The van der Waals surface area contributed by atoms with Crippen LogP contribution in [0.1, 0.15) is 37.1 Å². The molecule has 2 amide bonds. The Bertz CT molecular complexity index is 646. The Balaban J connectivity index is 1.40. The first-order valence-corrected chi connectivity index (χ1v) is 8.43. The minimum absolute atomic E-state index is 0.0279. The lowest BCUT2D eigenvalue weighted by Gasteiger charge is -2.26. The number of rotatable bonds is 6. The molecule has 22 heavy (non-hydrogen) atoms. The van der Waals surface area contributed by atoms with Crippen molar-refractivity contribution in [3.05, 3.63) is 29.3 Å². The van der Waals surface area contributed by atoms with Gasteiger partial charge in [0, 0.05) is 18.9 Å². The van der Waals surface area contributed by atoms with Gasteiger partial charge in [0.1, 0.15) is 5.01 Å². The van der Waals surface area contributed by atoms with E-state index in [1.807, 2.05) is 24.3 Å². The van der Waals surface area contributed by atoms with Crippen LogP contribution in [0.2, 0.25) is 0 Å². The van der Waals surface area contributed by atoms with Crippen molar-refractivity contribution in [3.8, 4) is 0 Å². The summed E-state index contributed by atoms with van der Waals surface area (Å²) in [6.07, 6.45) is 3.80. The van der Waals surface area contributed by atoms with Crippen LogP contribution in [0.15, 0.2) is 24.3 Å². The van der Waals surface area contributed by atoms with Crippen LogP contribution in [-0.4, -0.2) is 22.8 Å². The van der Waals surface area contributed by atoms with Crippen LogP contribution in [0, 0.1) is 0 Å². The van der Waals surface area contributed by atoms with E-state index >= 15 is 0 Å². The van der Waals surface area contributed by atoms with Crippen LogP contribution < -0.4 is 10.6 Å². The molecule has 2 aromatic rings. The van der Waals surface area contributed by atoms with Crippen molar-refractivity contribution in [2.24, 2.45) is 0 Å². The highest BCUT2D eigenvalue weighted by Gasteiger charge is 2.19. The summed E-state index contributed by atoms with van der Waals surface area (Å²) in [5, 5.41) is 6.64. The molecule has 0 saturated heterocycles. The van der Waals surface area contributed by atoms with Gasteiger partial charge in [0.05, 0.1) is 16.8 Å². The maximum atomic E-state index is 11.8. The van der Waals surface area contributed by atoms with Gasteiger partial charge in [0.2, 0.25) is 11.8 Å². The number of benzene rings is 1. The topological polar surface area (TPSA) is 71.1 Å². The first kappa shape index (κ1) is 15.0. The molecule has 3 rings (SSSR count). The van der Waals surface area contributed by atoms with Crippen LogP contribution in [0.3, 0.4) is 0 Å². The highest BCUT2D eigenvalue weighted by atomic mass is 32.1. The summed E-state index contributed by atoms with van der Waals surface area (Å²) in [5.41, 5.74) is 0.955. The van der Waals surface area contributed by atoms with Crippen molar-refractivity contribution in [1.29, 1.82) is 0 Å². The Hall–Kier alpha value is -1.95. The summed E-state index contributed by atoms with van der Waals surface area (Å²) < 4.78 is 1.12. The first-order valence-electron chi connectivity index (χ1n) is 7.61. The molecule has 1 aromatic heterocycles. The van der Waals surface area contributed by atoms with E-state index in [0.29, 0.717) is 12.6 Å². The number of nitrogens with one attached hydrogen (secondary N) is 2. The molecule has 6 heteroatoms. The molecule has 1 fully saturated rings. The quantitative estimate of drug-likeness (QED) is 0.859. The zero-order chi connectivity index (χ0) is 15.4. The molecule has 0 atom stereocenters. The van der Waals surface area contributed by atoms with E-state index in [9.17, 15) is 9.59 Å². The number of amides is 2. The zero-order valence-electron chi connectivity index (χ0n) is 12.3. The molecule has 0 aliphatic heterocycles. The summed E-state index contributed by atoms with van der Waals surface area (Å²) in [4.78, 5) is 27.9. The Labute approximate surface area is 133 Å². The van der Waals surface area contributed by atoms with Crippen LogP contribution in [0.5, 0.6) is 0 Å². The van der Waals surface area contributed by atoms with E-state index in [1.165, 1.54) is 6.42 Å². The molecule has 2 N–H and O–H groups in total. The largest absolute Gasteiger partial charge is 0.353 e. The number of fused-ring (bicyclic) bond motifs is 1. The third-order valence-electron chi connectivity index (χ3n) is 3.82. The van der Waals surface area contributed by atoms with Gasteiger partial charge in [-0.3, -0.25) is 9.59 Å². The van der Waals surface area contributed by atoms with Gasteiger partial charge in [0.15, 0.2) is 0 Å². The van der Waals surface area contributed by atoms with Gasteiger partial charge in [0.25, 0.3) is 0 Å². The van der Waals surface area contributed by atoms with E-state index in [4.69, 9.17) is 0 Å². The van der Waals surface area contributed by atoms with Gasteiger partial charge in [-0.05, 0) is 31.4 Å². The second-order valence-electron chi connectivity index (χ2n) is 5.55. The van der Waals surface area contributed by atoms with Gasteiger partial charge in [-0.2, -0.15) is 0 Å². The van der Waals surface area contributed by atoms with Crippen molar-refractivity contribution in [2.75, 3.05) is 0 Å². The molecule has 0 unspecified atom stereocenters. The highest BCUT2D eigenvalue weighted by Crippen LogP contribution is 2.21. The van der Waals surface area contributed by atoms with Gasteiger partial charge in [-0.15, -0.1) is 11.3 Å². The number of carbonyl (C=O) groups excluding carboxylic acids is 2. The maximum absolute atomic E-state index is 11.8. The van der Waals surface area contributed by atoms with E-state index in [-0.39, 0.29) is 24.7 Å². The lowest BCUT2D eigenvalue weighted by Crippen LogP contribution is -2.39. The Morgan fingerprint density at radius 3 is 2.68 bits per heavy atom. The maximum Gasteiger partial charge on any atom is 0.220 e. The Kier molecular flexibility index (Phi) is 4.68. The second kappa shape index (κ2) is 6.87. The molecule has 1 saturated carbocycles. The third-order valence-corrected chi connectivity index (χ3v) is 4.86. The van der Waals surface area contributed by atoms with Crippen LogP contribution >= 0.6 is 11.3 Å². The lowest BCUT2D eigenvalue weighted by molar-refractivity contribution is -0.127. The van der Waals surface area contributed by atoms with Crippen LogP contribution in [0.4, 0.5) is 0 Å². The minimum atomic E-state index is -0.108. The summed E-state index contributed by atoms with van der Waals surface area (Å²) in [6, 6.07) is 8.23. The van der Waals surface area contributed by atoms with Gasteiger partial charge >= 0.3 is 0 Å². The summed E-state index contributed by atoms with van der Waals surface area (Å²) in [6.45, 7) is 0.419. The summed E-state index contributed by atoms with van der Waals surface area (Å²) >= 11 is 1.58. The lowest BCUT2D eigenvalue weighted by atomic mass is 9.93. The van der Waals surface area contributed by atoms with Crippen molar-refractivity contribution >= 4 is 33.4 Å². The van der Waals surface area contributed by atoms with E-state index in [0.717, 1.165) is 28.1 Å². The summed E-state index contributed by atoms with van der Waals surface area (Å²) in [5.74, 6) is -0.136. The fourth-order valence-corrected chi connectivity index (χ4v) is 3.24. The third kappa shape index (κ3) is 3.82. The standard InChI is InChI=1S/C16H19N3O2S/c20-14(8-9-15(21)18-11-4-3-5-11)17-10-16-19-12-6-1-2-7-13(12)22-16/h1-2,6-7,11H,3-5,8-10H2,(H,17,20)(H,18,21). The molecule has 0 radical (unpaired) electrons. The number of hydrogen-bond donors (Lipinski definition) is 2. The Morgan fingerprint density at radius 1 is 1.18 bits per heavy atom. The van der Waals surface area contributed by atoms with Gasteiger partial charge in [-0.25, -0.2) is 4.98 Å². The molecule has 0 spiro atoms. The predicted molar refractivity (Wildman–Crippen MR) is 86.5 cm³/mol. The first-order chi connectivity index (χ1) is 10.7. The smallest absolute Gasteiger partial charge is 0.220 e. The molecule has 116 valence electrons. The molecule has 5 nitrogen and oxygen atoms in total. The van der Waals surface area contributed by atoms with Gasteiger partial charge < -0.3 is 10.6 Å². The fraction of sp³-hybridized carbons (Fsp3) is 0.438. The van der Waals surface area contributed by atoms with Gasteiger partial charge in [-0.1, -0.05) is 12.1 Å². The van der Waals surface area contributed by atoms with Crippen molar-refractivity contribution in [2.45, 2.75) is 44.7 Å². The normalized spacial score (nSPS) is 14.5. The predicted octanol–water partition coefficient (Wildman–Crippen LogP) is 2.36. The molecule has 1 heterocycles. The van der Waals surface area contributed by atoms with E-state index < -0.39 is 0 Å². The monoisotopic (exact) mass is 317 g/mol. The number of aromatic nitrogens is 1. The minimum Gasteiger partial charge on any atom is -0.353 e. The molecule has 1 aliphatic rings. The average Bonchev–Trinajstić information content (AvgIpc) is 2.89. The fourth-order valence-electron chi connectivity index (χ4n) is 2.34. The highest BCUT2D eigenvalue weighted by molar-refractivity contribution is 7.18. The van der Waals surface area contributed by atoms with Crippen LogP contribution in [0.25, 0.3) is 10.2 Å².